The second-order valence-electron chi connectivity index (χ2n) is 3.88. The van der Waals surface area contributed by atoms with Gasteiger partial charge in [0.1, 0.15) is 0 Å². The number of nitrogens with two attached hydrogens (primary N) is 1. The number of rotatable bonds is 4. The molecule has 1 atom stereocenters. The fourth-order valence-corrected chi connectivity index (χ4v) is 1.33. The van der Waals surface area contributed by atoms with Crippen LogP contribution in [0.4, 0.5) is 5.69 Å². The predicted molar refractivity (Wildman–Crippen MR) is 61.7 cm³/mol. The van der Waals surface area contributed by atoms with Gasteiger partial charge in [0.25, 0.3) is 0 Å². The van der Waals surface area contributed by atoms with Crippen molar-refractivity contribution >= 4 is 11.6 Å². The molecule has 3 N–H and O–H groups in total. The molecule has 1 aromatic heterocycles. The Balaban J connectivity index is 2.54. The zero-order valence-corrected chi connectivity index (χ0v) is 9.55. The molecule has 0 aromatic carbocycles. The van der Waals surface area contributed by atoms with Gasteiger partial charge in [-0.1, -0.05) is 0 Å². The number of anilines is 1. The van der Waals surface area contributed by atoms with Crippen molar-refractivity contribution in [2.45, 2.75) is 19.4 Å². The number of amides is 1. The Morgan fingerprint density at radius 2 is 2.31 bits per heavy atom. The first-order valence-electron chi connectivity index (χ1n) is 5.11. The predicted octanol–water partition coefficient (Wildman–Crippen LogP) is 0.0455. The minimum absolute atomic E-state index is 0.0711. The van der Waals surface area contributed by atoms with Crippen LogP contribution >= 0.6 is 0 Å². The van der Waals surface area contributed by atoms with Crippen LogP contribution in [0.2, 0.25) is 0 Å². The number of pyridine rings is 1. The molecule has 0 spiro atoms. The van der Waals surface area contributed by atoms with Crippen LogP contribution in [-0.4, -0.2) is 40.6 Å². The third-order valence-electron chi connectivity index (χ3n) is 2.14. The highest BCUT2D eigenvalue weighted by molar-refractivity contribution is 5.78. The van der Waals surface area contributed by atoms with Gasteiger partial charge in [-0.15, -0.1) is 0 Å². The number of aliphatic hydroxyl groups is 1. The van der Waals surface area contributed by atoms with Gasteiger partial charge in [-0.25, -0.2) is 0 Å². The van der Waals surface area contributed by atoms with Gasteiger partial charge in [0, 0.05) is 19.3 Å². The van der Waals surface area contributed by atoms with Crippen LogP contribution in [0, 0.1) is 0 Å². The third kappa shape index (κ3) is 3.86. The topological polar surface area (TPSA) is 79.5 Å². The molecule has 0 saturated carbocycles. The maximum Gasteiger partial charge on any atom is 0.228 e. The summed E-state index contributed by atoms with van der Waals surface area (Å²) in [5, 5.41) is 9.15. The molecule has 1 rings (SSSR count). The lowest BCUT2D eigenvalue weighted by Crippen LogP contribution is -2.34. The van der Waals surface area contributed by atoms with Crippen LogP contribution in [0.25, 0.3) is 0 Å². The van der Waals surface area contributed by atoms with Gasteiger partial charge in [-0.2, -0.15) is 0 Å². The van der Waals surface area contributed by atoms with Gasteiger partial charge in [0.2, 0.25) is 5.91 Å². The standard InChI is InChI=1S/C11H17N3O2/c1-8(15)7-14(2)11(16)5-10-4-3-9(12)6-13-10/h3-4,6,8,15H,5,7,12H2,1-2H3. The maximum atomic E-state index is 11.7. The van der Waals surface area contributed by atoms with Gasteiger partial charge >= 0.3 is 0 Å². The number of hydrogen-bond acceptors (Lipinski definition) is 4. The molecule has 1 heterocycles. The Hall–Kier alpha value is -1.62. The zero-order valence-electron chi connectivity index (χ0n) is 9.55. The lowest BCUT2D eigenvalue weighted by Gasteiger charge is -2.18. The third-order valence-corrected chi connectivity index (χ3v) is 2.14. The highest BCUT2D eigenvalue weighted by atomic mass is 16.3. The van der Waals surface area contributed by atoms with E-state index in [9.17, 15) is 4.79 Å². The van der Waals surface area contributed by atoms with Crippen molar-refractivity contribution < 1.29 is 9.90 Å². The van der Waals surface area contributed by atoms with Gasteiger partial charge < -0.3 is 15.7 Å². The minimum Gasteiger partial charge on any atom is -0.397 e. The quantitative estimate of drug-likeness (QED) is 0.755. The van der Waals surface area contributed by atoms with E-state index in [-0.39, 0.29) is 12.3 Å². The Morgan fingerprint density at radius 3 is 2.81 bits per heavy atom. The summed E-state index contributed by atoms with van der Waals surface area (Å²) in [4.78, 5) is 17.2. The molecule has 0 aliphatic heterocycles. The maximum absolute atomic E-state index is 11.7. The van der Waals surface area contributed by atoms with Crippen molar-refractivity contribution in [2.24, 2.45) is 0 Å². The van der Waals surface area contributed by atoms with Crippen LogP contribution in [0.1, 0.15) is 12.6 Å². The van der Waals surface area contributed by atoms with Crippen LogP contribution in [0.15, 0.2) is 18.3 Å². The van der Waals surface area contributed by atoms with E-state index in [1.54, 1.807) is 26.1 Å². The monoisotopic (exact) mass is 223 g/mol. The average Bonchev–Trinajstić information content (AvgIpc) is 2.20. The summed E-state index contributed by atoms with van der Waals surface area (Å²) in [5.74, 6) is -0.0711. The molecule has 0 radical (unpaired) electrons. The first-order valence-corrected chi connectivity index (χ1v) is 5.11. The summed E-state index contributed by atoms with van der Waals surface area (Å²) < 4.78 is 0. The number of carbonyl (C=O) groups excluding carboxylic acids is 1. The molecule has 1 aromatic rings. The van der Waals surface area contributed by atoms with Crippen LogP contribution in [0.5, 0.6) is 0 Å². The van der Waals surface area contributed by atoms with Crippen LogP contribution in [0.3, 0.4) is 0 Å². The fraction of sp³-hybridized carbons (Fsp3) is 0.455. The first-order chi connectivity index (χ1) is 7.49. The van der Waals surface area contributed by atoms with E-state index in [0.717, 1.165) is 0 Å². The van der Waals surface area contributed by atoms with E-state index < -0.39 is 6.10 Å². The SMILES string of the molecule is CC(O)CN(C)C(=O)Cc1ccc(N)cn1. The van der Waals surface area contributed by atoms with E-state index >= 15 is 0 Å². The highest BCUT2D eigenvalue weighted by Crippen LogP contribution is 2.03. The summed E-state index contributed by atoms with van der Waals surface area (Å²) in [7, 11) is 1.66. The molecule has 0 saturated heterocycles. The lowest BCUT2D eigenvalue weighted by molar-refractivity contribution is -0.130. The smallest absolute Gasteiger partial charge is 0.228 e. The van der Waals surface area contributed by atoms with Crippen LogP contribution in [-0.2, 0) is 11.2 Å². The van der Waals surface area contributed by atoms with Gasteiger partial charge in [-0.3, -0.25) is 9.78 Å². The molecule has 0 aliphatic carbocycles. The molecular weight excluding hydrogens is 206 g/mol. The van der Waals surface area contributed by atoms with Gasteiger partial charge in [-0.05, 0) is 19.1 Å². The molecule has 5 nitrogen and oxygen atoms in total. The Bertz CT molecular complexity index is 349. The number of carbonyl (C=O) groups is 1. The number of aromatic nitrogens is 1. The van der Waals surface area contributed by atoms with Crippen molar-refractivity contribution in [1.29, 1.82) is 0 Å². The summed E-state index contributed by atoms with van der Waals surface area (Å²) in [6.45, 7) is 1.97. The number of aliphatic hydroxyl groups excluding tert-OH is 1. The van der Waals surface area contributed by atoms with Crippen molar-refractivity contribution in [3.63, 3.8) is 0 Å². The molecule has 5 heteroatoms. The van der Waals surface area contributed by atoms with E-state index in [4.69, 9.17) is 10.8 Å². The zero-order chi connectivity index (χ0) is 12.1. The summed E-state index contributed by atoms with van der Waals surface area (Å²) in [5.41, 5.74) is 6.75. The van der Waals surface area contributed by atoms with E-state index in [0.29, 0.717) is 17.9 Å². The van der Waals surface area contributed by atoms with Crippen molar-refractivity contribution in [1.82, 2.24) is 9.88 Å². The fourth-order valence-electron chi connectivity index (χ4n) is 1.33. The van der Waals surface area contributed by atoms with E-state index in [1.165, 1.54) is 11.1 Å². The van der Waals surface area contributed by atoms with Gasteiger partial charge in [0.05, 0.1) is 24.4 Å². The summed E-state index contributed by atoms with van der Waals surface area (Å²) in [6, 6.07) is 3.44. The molecule has 88 valence electrons. The van der Waals surface area contributed by atoms with Crippen LogP contribution < -0.4 is 5.73 Å². The summed E-state index contributed by atoms with van der Waals surface area (Å²) in [6.07, 6.45) is 1.23. The first kappa shape index (κ1) is 12.4. The molecular formula is C11H17N3O2. The number of nitrogen functional groups attached to an aromatic ring is 1. The largest absolute Gasteiger partial charge is 0.397 e. The van der Waals surface area contributed by atoms with E-state index in [2.05, 4.69) is 4.98 Å². The Morgan fingerprint density at radius 1 is 1.62 bits per heavy atom. The van der Waals surface area contributed by atoms with Crippen molar-refractivity contribution in [2.75, 3.05) is 19.3 Å². The number of nitrogens with zero attached hydrogens (tertiary/aromatic N) is 2. The normalized spacial score (nSPS) is 12.2. The molecule has 0 fully saturated rings. The molecule has 1 unspecified atom stereocenters. The Kier molecular flexibility index (Phi) is 4.25. The average molecular weight is 223 g/mol. The minimum atomic E-state index is -0.520. The number of hydrogen-bond donors (Lipinski definition) is 2. The van der Waals surface area contributed by atoms with E-state index in [1.807, 2.05) is 0 Å². The second-order valence-corrected chi connectivity index (χ2v) is 3.88. The second kappa shape index (κ2) is 5.46. The summed E-state index contributed by atoms with van der Waals surface area (Å²) >= 11 is 0. The van der Waals surface area contributed by atoms with Crippen molar-refractivity contribution in [3.8, 4) is 0 Å². The molecule has 0 bridgehead atoms. The highest BCUT2D eigenvalue weighted by Gasteiger charge is 2.11. The Labute approximate surface area is 94.9 Å². The lowest BCUT2D eigenvalue weighted by atomic mass is 10.2. The van der Waals surface area contributed by atoms with Gasteiger partial charge in [0.15, 0.2) is 0 Å². The molecule has 1 amide bonds. The molecule has 0 aliphatic rings. The molecule has 16 heavy (non-hydrogen) atoms. The number of likely N-dealkylation sites (N-methyl/N-ethyl adjacent to an activating group) is 1. The van der Waals surface area contributed by atoms with Crippen molar-refractivity contribution in [3.05, 3.63) is 24.0 Å².